The van der Waals surface area contributed by atoms with E-state index in [1.54, 1.807) is 41.0 Å². The Kier molecular flexibility index (Phi) is 4.43. The Hall–Kier alpha value is -2.77. The van der Waals surface area contributed by atoms with E-state index in [0.29, 0.717) is 39.4 Å². The van der Waals surface area contributed by atoms with Gasteiger partial charge in [0.2, 0.25) is 0 Å². The molecule has 2 heterocycles. The van der Waals surface area contributed by atoms with Crippen molar-refractivity contribution in [3.8, 4) is 5.69 Å². The van der Waals surface area contributed by atoms with Gasteiger partial charge >= 0.3 is 5.97 Å². The van der Waals surface area contributed by atoms with Crippen LogP contribution in [0, 0.1) is 5.82 Å². The van der Waals surface area contributed by atoms with Gasteiger partial charge in [-0.2, -0.15) is 0 Å². The third kappa shape index (κ3) is 2.87. The van der Waals surface area contributed by atoms with Gasteiger partial charge in [-0.05, 0) is 43.3 Å². The lowest BCUT2D eigenvalue weighted by molar-refractivity contribution is 0.0691. The van der Waals surface area contributed by atoms with Gasteiger partial charge in [-0.1, -0.05) is 23.7 Å². The summed E-state index contributed by atoms with van der Waals surface area (Å²) in [5.41, 5.74) is 0.961. The normalized spacial score (nSPS) is 18.1. The van der Waals surface area contributed by atoms with Gasteiger partial charge in [0.1, 0.15) is 17.2 Å². The van der Waals surface area contributed by atoms with Crippen LogP contribution in [0.5, 0.6) is 0 Å². The van der Waals surface area contributed by atoms with Crippen LogP contribution in [0.15, 0.2) is 53.7 Å². The highest BCUT2D eigenvalue weighted by Gasteiger charge is 2.36. The van der Waals surface area contributed by atoms with Crippen molar-refractivity contribution in [1.82, 2.24) is 9.55 Å². The van der Waals surface area contributed by atoms with Crippen LogP contribution in [-0.2, 0) is 5.54 Å². The zero-order valence-corrected chi connectivity index (χ0v) is 16.5. The predicted molar refractivity (Wildman–Crippen MR) is 105 cm³/mol. The van der Waals surface area contributed by atoms with Crippen LogP contribution in [-0.4, -0.2) is 36.6 Å². The highest BCUT2D eigenvalue weighted by atomic mass is 35.5. The van der Waals surface area contributed by atoms with Crippen LogP contribution in [0.25, 0.3) is 5.69 Å². The number of carboxylic acids is 1. The van der Waals surface area contributed by atoms with Gasteiger partial charge in [0.25, 0.3) is 0 Å². The minimum Gasteiger partial charge on any atom is -0.476 e. The number of hydrogen-bond donors (Lipinski definition) is 1. The lowest BCUT2D eigenvalue weighted by Crippen LogP contribution is -2.24. The number of aliphatic imine (C=N–C) groups is 1. The summed E-state index contributed by atoms with van der Waals surface area (Å²) in [7, 11) is 3.52. The first kappa shape index (κ1) is 18.6. The maximum Gasteiger partial charge on any atom is 0.356 e. The number of imidazole rings is 1. The maximum absolute atomic E-state index is 14.7. The van der Waals surface area contributed by atoms with Crippen LogP contribution in [0.4, 0.5) is 4.39 Å². The molecule has 4 rings (SSSR count). The van der Waals surface area contributed by atoms with Gasteiger partial charge < -0.3 is 9.67 Å². The molecular formula is C20H14ClFN3O2Si. The van der Waals surface area contributed by atoms with E-state index in [1.807, 2.05) is 6.92 Å². The predicted octanol–water partition coefficient (Wildman–Crippen LogP) is 4.02. The molecule has 5 nitrogen and oxygen atoms in total. The van der Waals surface area contributed by atoms with Crippen molar-refractivity contribution in [3.05, 3.63) is 82.1 Å². The molecule has 0 saturated heterocycles. The summed E-state index contributed by atoms with van der Waals surface area (Å²) in [4.78, 5) is 20.7. The topological polar surface area (TPSA) is 67.5 Å². The Morgan fingerprint density at radius 2 is 2.04 bits per heavy atom. The zero-order chi connectivity index (χ0) is 20.1. The highest BCUT2D eigenvalue weighted by Crippen LogP contribution is 2.37. The van der Waals surface area contributed by atoms with Crippen molar-refractivity contribution in [1.29, 1.82) is 0 Å². The minimum atomic E-state index is -1.13. The summed E-state index contributed by atoms with van der Waals surface area (Å²) in [5.74, 6) is -1.10. The Morgan fingerprint density at radius 3 is 2.71 bits per heavy atom. The summed E-state index contributed by atoms with van der Waals surface area (Å²) in [6.45, 7) is 1.82. The molecule has 0 unspecified atom stereocenters. The molecule has 3 radical (unpaired) electrons. The summed E-state index contributed by atoms with van der Waals surface area (Å²) in [6, 6.07) is 11.9. The molecule has 28 heavy (non-hydrogen) atoms. The molecule has 1 aliphatic rings. The number of carbonyl (C=O) groups is 1. The SMILES string of the molecule is C[C@]1(C[Si])N=C(c2ccccc2F)c2cc(Cl)ccc2-n2cc(C(=O)O)nc21. The molecule has 0 bridgehead atoms. The second kappa shape index (κ2) is 6.68. The Bertz CT molecular complexity index is 1140. The largest absolute Gasteiger partial charge is 0.476 e. The standard InChI is InChI=1S/C20H14ClFN3O2Si/c1-20(10-28)19-23-15(18(26)27)9-25(19)16-7-6-11(21)8-13(16)17(24-20)12-4-2-3-5-14(12)22/h2-9H,10H2,1H3,(H,26,27)/t20-/m1/s1. The first-order valence-corrected chi connectivity index (χ1v) is 9.55. The van der Waals surface area contributed by atoms with Gasteiger partial charge in [0.15, 0.2) is 5.69 Å². The van der Waals surface area contributed by atoms with Crippen LogP contribution in [0.2, 0.25) is 11.1 Å². The molecule has 1 atom stereocenters. The lowest BCUT2D eigenvalue weighted by Gasteiger charge is -2.23. The number of benzene rings is 2. The first-order valence-electron chi connectivity index (χ1n) is 8.47. The molecule has 2 aromatic carbocycles. The van der Waals surface area contributed by atoms with Crippen molar-refractivity contribution in [2.75, 3.05) is 0 Å². The van der Waals surface area contributed by atoms with Gasteiger partial charge in [-0.15, -0.1) is 0 Å². The van der Waals surface area contributed by atoms with Crippen LogP contribution in [0.3, 0.4) is 0 Å². The Morgan fingerprint density at radius 1 is 1.29 bits per heavy atom. The monoisotopic (exact) mass is 410 g/mol. The van der Waals surface area contributed by atoms with E-state index in [1.165, 1.54) is 12.3 Å². The summed E-state index contributed by atoms with van der Waals surface area (Å²) < 4.78 is 16.3. The molecule has 0 aliphatic carbocycles. The second-order valence-corrected chi connectivity index (χ2v) is 7.47. The average Bonchev–Trinajstić information content (AvgIpc) is 3.09. The number of hydrogen-bond acceptors (Lipinski definition) is 3. The van der Waals surface area contributed by atoms with Crippen LogP contribution >= 0.6 is 11.6 Å². The minimum absolute atomic E-state index is 0.0909. The van der Waals surface area contributed by atoms with Gasteiger partial charge in [0.05, 0.1) is 11.4 Å². The number of aromatic carboxylic acids is 1. The second-order valence-electron chi connectivity index (χ2n) is 6.68. The first-order chi connectivity index (χ1) is 13.3. The number of aromatic nitrogens is 2. The van der Waals surface area contributed by atoms with E-state index in [4.69, 9.17) is 16.6 Å². The third-order valence-electron chi connectivity index (χ3n) is 4.71. The fraction of sp³-hybridized carbons (Fsp3) is 0.150. The summed E-state index contributed by atoms with van der Waals surface area (Å²) >= 11 is 6.23. The molecule has 1 aromatic heterocycles. The van der Waals surface area contributed by atoms with Gasteiger partial charge in [-0.25, -0.2) is 14.2 Å². The van der Waals surface area contributed by atoms with E-state index < -0.39 is 17.3 Å². The number of carboxylic acid groups (broad SMARTS) is 1. The lowest BCUT2D eigenvalue weighted by atomic mass is 9.99. The molecule has 1 N–H and O–H groups in total. The van der Waals surface area contributed by atoms with E-state index in [2.05, 4.69) is 15.2 Å². The van der Waals surface area contributed by atoms with E-state index in [0.717, 1.165) is 0 Å². The zero-order valence-electron chi connectivity index (χ0n) is 14.8. The molecule has 8 heteroatoms. The maximum atomic E-state index is 14.7. The molecule has 139 valence electrons. The van der Waals surface area contributed by atoms with Crippen LogP contribution in [0.1, 0.15) is 34.4 Å². The van der Waals surface area contributed by atoms with Gasteiger partial charge in [0, 0.05) is 32.6 Å². The molecule has 0 spiro atoms. The summed E-state index contributed by atoms with van der Waals surface area (Å²) in [5, 5.41) is 9.87. The molecule has 3 aromatic rings. The molecule has 0 fully saturated rings. The Balaban J connectivity index is 2.11. The number of nitrogens with zero attached hydrogens (tertiary/aromatic N) is 3. The van der Waals surface area contributed by atoms with E-state index in [9.17, 15) is 14.3 Å². The van der Waals surface area contributed by atoms with Crippen molar-refractivity contribution >= 4 is 33.5 Å². The molecular weight excluding hydrogens is 397 g/mol. The van der Waals surface area contributed by atoms with Crippen LogP contribution < -0.4 is 0 Å². The van der Waals surface area contributed by atoms with Crippen molar-refractivity contribution in [3.63, 3.8) is 0 Å². The third-order valence-corrected chi connectivity index (χ3v) is 5.64. The van der Waals surface area contributed by atoms with Crippen molar-refractivity contribution in [2.45, 2.75) is 18.5 Å². The fourth-order valence-corrected chi connectivity index (χ4v) is 3.70. The highest BCUT2D eigenvalue weighted by molar-refractivity contribution is 6.31. The fourth-order valence-electron chi connectivity index (χ4n) is 3.29. The average molecular weight is 411 g/mol. The number of fused-ring (bicyclic) bond motifs is 3. The van der Waals surface area contributed by atoms with Crippen molar-refractivity contribution in [2.24, 2.45) is 4.99 Å². The Labute approximate surface area is 168 Å². The van der Waals surface area contributed by atoms with Gasteiger partial charge in [-0.3, -0.25) is 4.99 Å². The quantitative estimate of drug-likeness (QED) is 0.663. The smallest absolute Gasteiger partial charge is 0.356 e. The summed E-state index contributed by atoms with van der Waals surface area (Å²) in [6.07, 6.45) is 1.45. The van der Waals surface area contributed by atoms with Crippen molar-refractivity contribution < 1.29 is 14.3 Å². The molecule has 0 amide bonds. The molecule has 1 aliphatic heterocycles. The molecule has 0 saturated carbocycles. The van der Waals surface area contributed by atoms with E-state index >= 15 is 0 Å². The number of rotatable bonds is 3. The van der Waals surface area contributed by atoms with E-state index in [-0.39, 0.29) is 5.69 Å². The number of halogens is 2.